The minimum absolute atomic E-state index is 0.0606. The number of hydrogen-bond donors (Lipinski definition) is 2. The standard InChI is InChI=1S/C19H22ClNO3/c1-23-17-10-13(9-16(20)18(17)24-2)11-21-19(12-22)8-7-14-5-3-4-6-15(14)19/h3-6,9-10,21-22H,7-8,11-12H2,1-2H3/t19-/m1/s1. The van der Waals surface area contributed by atoms with Crippen molar-refractivity contribution < 1.29 is 14.6 Å². The molecule has 24 heavy (non-hydrogen) atoms. The van der Waals surface area contributed by atoms with Gasteiger partial charge in [-0.15, -0.1) is 0 Å². The molecule has 0 radical (unpaired) electrons. The lowest BCUT2D eigenvalue weighted by atomic mass is 9.92. The maximum Gasteiger partial charge on any atom is 0.179 e. The van der Waals surface area contributed by atoms with Crippen molar-refractivity contribution >= 4 is 11.6 Å². The summed E-state index contributed by atoms with van der Waals surface area (Å²) in [5, 5.41) is 14.1. The molecule has 0 unspecified atom stereocenters. The van der Waals surface area contributed by atoms with Gasteiger partial charge < -0.3 is 19.9 Å². The van der Waals surface area contributed by atoms with Crippen LogP contribution in [0.25, 0.3) is 0 Å². The number of halogens is 1. The van der Waals surface area contributed by atoms with Crippen LogP contribution in [0.15, 0.2) is 36.4 Å². The van der Waals surface area contributed by atoms with Gasteiger partial charge >= 0.3 is 0 Å². The first-order valence-electron chi connectivity index (χ1n) is 7.98. The fraction of sp³-hybridized carbons (Fsp3) is 0.368. The molecule has 128 valence electrons. The van der Waals surface area contributed by atoms with Gasteiger partial charge in [0, 0.05) is 6.54 Å². The Bertz CT molecular complexity index is 735. The van der Waals surface area contributed by atoms with E-state index in [1.54, 1.807) is 14.2 Å². The minimum atomic E-state index is -0.407. The van der Waals surface area contributed by atoms with Crippen molar-refractivity contribution in [3.63, 3.8) is 0 Å². The summed E-state index contributed by atoms with van der Waals surface area (Å²) in [4.78, 5) is 0. The zero-order chi connectivity index (χ0) is 17.2. The highest BCUT2D eigenvalue weighted by Crippen LogP contribution is 2.38. The van der Waals surface area contributed by atoms with Gasteiger partial charge in [-0.05, 0) is 41.7 Å². The van der Waals surface area contributed by atoms with Gasteiger partial charge in [0.25, 0.3) is 0 Å². The molecule has 0 fully saturated rings. The van der Waals surface area contributed by atoms with Crippen molar-refractivity contribution in [3.8, 4) is 11.5 Å². The van der Waals surface area contributed by atoms with Crippen LogP contribution in [0.5, 0.6) is 11.5 Å². The van der Waals surface area contributed by atoms with Crippen molar-refractivity contribution in [2.24, 2.45) is 0 Å². The molecule has 0 saturated heterocycles. The molecule has 1 atom stereocenters. The summed E-state index contributed by atoms with van der Waals surface area (Å²) < 4.78 is 10.6. The van der Waals surface area contributed by atoms with Gasteiger partial charge in [-0.2, -0.15) is 0 Å². The van der Waals surface area contributed by atoms with E-state index in [0.29, 0.717) is 23.1 Å². The van der Waals surface area contributed by atoms with Crippen LogP contribution in [0.4, 0.5) is 0 Å². The Morgan fingerprint density at radius 2 is 2.00 bits per heavy atom. The second kappa shape index (κ2) is 7.01. The minimum Gasteiger partial charge on any atom is -0.493 e. The van der Waals surface area contributed by atoms with E-state index >= 15 is 0 Å². The number of ether oxygens (including phenoxy) is 2. The van der Waals surface area contributed by atoms with E-state index in [0.717, 1.165) is 18.4 Å². The molecular formula is C19H22ClNO3. The number of nitrogens with one attached hydrogen (secondary N) is 1. The number of aliphatic hydroxyl groups excluding tert-OH is 1. The number of rotatable bonds is 6. The van der Waals surface area contributed by atoms with Gasteiger partial charge in [-0.1, -0.05) is 35.9 Å². The average Bonchev–Trinajstić information content (AvgIpc) is 2.99. The van der Waals surface area contributed by atoms with Crippen molar-refractivity contribution in [2.45, 2.75) is 24.9 Å². The molecule has 0 spiro atoms. The van der Waals surface area contributed by atoms with Crippen molar-refractivity contribution in [3.05, 3.63) is 58.1 Å². The maximum atomic E-state index is 10.0. The van der Waals surface area contributed by atoms with E-state index in [1.165, 1.54) is 11.1 Å². The summed E-state index contributed by atoms with van der Waals surface area (Å²) in [6.07, 6.45) is 1.85. The van der Waals surface area contributed by atoms with E-state index in [9.17, 15) is 5.11 Å². The molecule has 0 amide bonds. The summed E-state index contributed by atoms with van der Waals surface area (Å²) in [5.41, 5.74) is 3.05. The number of aryl methyl sites for hydroxylation is 1. The smallest absolute Gasteiger partial charge is 0.179 e. The Balaban J connectivity index is 1.84. The van der Waals surface area contributed by atoms with Gasteiger partial charge in [-0.25, -0.2) is 0 Å². The SMILES string of the molecule is COc1cc(CN[C@@]2(CO)CCc3ccccc32)cc(Cl)c1OC. The van der Waals surface area contributed by atoms with Crippen LogP contribution in [-0.2, 0) is 18.5 Å². The fourth-order valence-electron chi connectivity index (χ4n) is 3.44. The van der Waals surface area contributed by atoms with E-state index in [2.05, 4.69) is 17.4 Å². The molecule has 3 rings (SSSR count). The van der Waals surface area contributed by atoms with Gasteiger partial charge in [0.1, 0.15) is 0 Å². The second-order valence-electron chi connectivity index (χ2n) is 6.06. The lowest BCUT2D eigenvalue weighted by Crippen LogP contribution is -2.43. The van der Waals surface area contributed by atoms with Crippen LogP contribution < -0.4 is 14.8 Å². The zero-order valence-electron chi connectivity index (χ0n) is 13.9. The number of hydrogen-bond acceptors (Lipinski definition) is 4. The fourth-order valence-corrected chi connectivity index (χ4v) is 3.75. The summed E-state index contributed by atoms with van der Waals surface area (Å²) in [6, 6.07) is 12.0. The molecule has 0 aromatic heterocycles. The molecule has 2 aromatic carbocycles. The van der Waals surface area contributed by atoms with Crippen LogP contribution in [0.2, 0.25) is 5.02 Å². The van der Waals surface area contributed by atoms with Gasteiger partial charge in [-0.3, -0.25) is 0 Å². The van der Waals surface area contributed by atoms with Crippen LogP contribution in [0.1, 0.15) is 23.1 Å². The molecule has 0 bridgehead atoms. The topological polar surface area (TPSA) is 50.7 Å². The van der Waals surface area contributed by atoms with E-state index < -0.39 is 5.54 Å². The molecule has 5 heteroatoms. The molecule has 1 aliphatic rings. The first kappa shape index (κ1) is 17.1. The summed E-state index contributed by atoms with van der Waals surface area (Å²) >= 11 is 6.28. The Labute approximate surface area is 147 Å². The first-order valence-corrected chi connectivity index (χ1v) is 8.36. The van der Waals surface area contributed by atoms with Crippen LogP contribution >= 0.6 is 11.6 Å². The molecular weight excluding hydrogens is 326 g/mol. The van der Waals surface area contributed by atoms with Crippen LogP contribution in [-0.4, -0.2) is 25.9 Å². The normalized spacial score (nSPS) is 19.2. The van der Waals surface area contributed by atoms with E-state index in [4.69, 9.17) is 21.1 Å². The van der Waals surface area contributed by atoms with Crippen molar-refractivity contribution in [1.82, 2.24) is 5.32 Å². The second-order valence-corrected chi connectivity index (χ2v) is 6.47. The third-order valence-electron chi connectivity index (χ3n) is 4.75. The zero-order valence-corrected chi connectivity index (χ0v) is 14.7. The van der Waals surface area contributed by atoms with Crippen LogP contribution in [0.3, 0.4) is 0 Å². The monoisotopic (exact) mass is 347 g/mol. The molecule has 1 aliphatic carbocycles. The van der Waals surface area contributed by atoms with E-state index in [-0.39, 0.29) is 6.61 Å². The van der Waals surface area contributed by atoms with Gasteiger partial charge in [0.05, 0.1) is 31.4 Å². The third-order valence-corrected chi connectivity index (χ3v) is 5.03. The van der Waals surface area contributed by atoms with Crippen molar-refractivity contribution in [2.75, 3.05) is 20.8 Å². The Morgan fingerprint density at radius 1 is 1.21 bits per heavy atom. The quantitative estimate of drug-likeness (QED) is 0.842. The Morgan fingerprint density at radius 3 is 2.71 bits per heavy atom. The average molecular weight is 348 g/mol. The summed E-state index contributed by atoms with van der Waals surface area (Å²) in [7, 11) is 3.16. The predicted octanol–water partition coefficient (Wildman–Crippen LogP) is 3.28. The molecule has 0 saturated carbocycles. The predicted molar refractivity (Wildman–Crippen MR) is 94.9 cm³/mol. The third kappa shape index (κ3) is 2.97. The highest BCUT2D eigenvalue weighted by molar-refractivity contribution is 6.32. The number of methoxy groups -OCH3 is 2. The highest BCUT2D eigenvalue weighted by Gasteiger charge is 2.37. The highest BCUT2D eigenvalue weighted by atomic mass is 35.5. The number of fused-ring (bicyclic) bond motifs is 1. The lowest BCUT2D eigenvalue weighted by molar-refractivity contribution is 0.159. The lowest BCUT2D eigenvalue weighted by Gasteiger charge is -2.30. The summed E-state index contributed by atoms with van der Waals surface area (Å²) in [5.74, 6) is 1.14. The molecule has 0 heterocycles. The molecule has 0 aliphatic heterocycles. The molecule has 4 nitrogen and oxygen atoms in total. The van der Waals surface area contributed by atoms with Crippen molar-refractivity contribution in [1.29, 1.82) is 0 Å². The summed E-state index contributed by atoms with van der Waals surface area (Å²) in [6.45, 7) is 0.639. The Kier molecular flexibility index (Phi) is 4.99. The van der Waals surface area contributed by atoms with Crippen LogP contribution in [0, 0.1) is 0 Å². The van der Waals surface area contributed by atoms with Gasteiger partial charge in [0.2, 0.25) is 0 Å². The van der Waals surface area contributed by atoms with E-state index in [1.807, 2.05) is 24.3 Å². The maximum absolute atomic E-state index is 10.0. The number of aliphatic hydroxyl groups is 1. The first-order chi connectivity index (χ1) is 11.6. The molecule has 2 N–H and O–H groups in total. The largest absolute Gasteiger partial charge is 0.493 e. The number of benzene rings is 2. The Hall–Kier alpha value is -1.75. The molecule has 2 aromatic rings. The van der Waals surface area contributed by atoms with Gasteiger partial charge in [0.15, 0.2) is 11.5 Å².